The Labute approximate surface area is 90.1 Å². The largest absolute Gasteiger partial charge is 0.319 e. The summed E-state index contributed by atoms with van der Waals surface area (Å²) in [7, 11) is 2.02. The van der Waals surface area contributed by atoms with Gasteiger partial charge in [-0.2, -0.15) is 0 Å². The molecule has 2 aliphatic rings. The molecule has 4 nitrogen and oxygen atoms in total. The van der Waals surface area contributed by atoms with Gasteiger partial charge in [-0.1, -0.05) is 0 Å². The standard InChI is InChI=1S/C11H18N4/c1-12-7-8-4-5-15-10(6-8)13-14-11(15)9-2-3-9/h8-9,12H,2-7H2,1H3. The maximum atomic E-state index is 4.35. The molecule has 3 rings (SSSR count). The number of hydrogen-bond donors (Lipinski definition) is 1. The van der Waals surface area contributed by atoms with Gasteiger partial charge in [-0.25, -0.2) is 0 Å². The van der Waals surface area contributed by atoms with E-state index in [0.717, 1.165) is 31.3 Å². The average molecular weight is 206 g/mol. The van der Waals surface area contributed by atoms with E-state index in [0.29, 0.717) is 0 Å². The third-order valence-corrected chi connectivity index (χ3v) is 3.52. The third kappa shape index (κ3) is 1.67. The van der Waals surface area contributed by atoms with E-state index in [1.165, 1.54) is 30.9 Å². The summed E-state index contributed by atoms with van der Waals surface area (Å²) in [6, 6.07) is 0. The van der Waals surface area contributed by atoms with E-state index in [4.69, 9.17) is 0 Å². The van der Waals surface area contributed by atoms with Gasteiger partial charge in [-0.15, -0.1) is 10.2 Å². The van der Waals surface area contributed by atoms with Crippen molar-refractivity contribution in [2.24, 2.45) is 5.92 Å². The second-order valence-corrected chi connectivity index (χ2v) is 4.82. The molecule has 0 radical (unpaired) electrons. The summed E-state index contributed by atoms with van der Waals surface area (Å²) < 4.78 is 2.36. The van der Waals surface area contributed by atoms with Crippen LogP contribution in [0.25, 0.3) is 0 Å². The molecule has 1 fully saturated rings. The first-order valence-corrected chi connectivity index (χ1v) is 5.95. The molecule has 0 spiro atoms. The minimum absolute atomic E-state index is 0.729. The first-order valence-electron chi connectivity index (χ1n) is 5.95. The van der Waals surface area contributed by atoms with Crippen molar-refractivity contribution < 1.29 is 0 Å². The van der Waals surface area contributed by atoms with Crippen molar-refractivity contribution in [2.45, 2.75) is 38.1 Å². The number of nitrogens with zero attached hydrogens (tertiary/aromatic N) is 3. The van der Waals surface area contributed by atoms with Crippen molar-refractivity contribution in [1.82, 2.24) is 20.1 Å². The van der Waals surface area contributed by atoms with Crippen molar-refractivity contribution >= 4 is 0 Å². The maximum absolute atomic E-state index is 4.35. The molecule has 0 amide bonds. The van der Waals surface area contributed by atoms with E-state index in [1.807, 2.05) is 7.05 Å². The molecule has 1 atom stereocenters. The molecule has 1 aliphatic heterocycles. The molecule has 15 heavy (non-hydrogen) atoms. The van der Waals surface area contributed by atoms with Gasteiger partial charge in [0.25, 0.3) is 0 Å². The molecule has 1 N–H and O–H groups in total. The van der Waals surface area contributed by atoms with Crippen molar-refractivity contribution in [3.8, 4) is 0 Å². The lowest BCUT2D eigenvalue weighted by atomic mass is 9.98. The summed E-state index contributed by atoms with van der Waals surface area (Å²) >= 11 is 0. The summed E-state index contributed by atoms with van der Waals surface area (Å²) in [5.74, 6) is 3.95. The van der Waals surface area contributed by atoms with Crippen molar-refractivity contribution in [2.75, 3.05) is 13.6 Å². The van der Waals surface area contributed by atoms with Crippen LogP contribution in [-0.4, -0.2) is 28.4 Å². The summed E-state index contributed by atoms with van der Waals surface area (Å²) in [4.78, 5) is 0. The van der Waals surface area contributed by atoms with Gasteiger partial charge in [0.15, 0.2) is 0 Å². The van der Waals surface area contributed by atoms with Crippen LogP contribution in [0.2, 0.25) is 0 Å². The Kier molecular flexibility index (Phi) is 2.24. The van der Waals surface area contributed by atoms with Gasteiger partial charge in [-0.05, 0) is 38.8 Å². The second-order valence-electron chi connectivity index (χ2n) is 4.82. The topological polar surface area (TPSA) is 42.7 Å². The predicted molar refractivity (Wildman–Crippen MR) is 57.7 cm³/mol. The van der Waals surface area contributed by atoms with Crippen LogP contribution in [-0.2, 0) is 13.0 Å². The first-order chi connectivity index (χ1) is 7.38. The zero-order valence-electron chi connectivity index (χ0n) is 9.24. The van der Waals surface area contributed by atoms with Gasteiger partial charge in [0.05, 0.1) is 0 Å². The van der Waals surface area contributed by atoms with E-state index in [9.17, 15) is 0 Å². The highest BCUT2D eigenvalue weighted by Gasteiger charge is 2.32. The lowest BCUT2D eigenvalue weighted by Gasteiger charge is -2.23. The Balaban J connectivity index is 1.79. The monoisotopic (exact) mass is 206 g/mol. The Bertz CT molecular complexity index is 353. The molecular weight excluding hydrogens is 188 g/mol. The van der Waals surface area contributed by atoms with Crippen LogP contribution in [0, 0.1) is 5.92 Å². The minimum Gasteiger partial charge on any atom is -0.319 e. The molecule has 1 saturated carbocycles. The van der Waals surface area contributed by atoms with Crippen molar-refractivity contribution in [3.05, 3.63) is 11.6 Å². The fraction of sp³-hybridized carbons (Fsp3) is 0.818. The van der Waals surface area contributed by atoms with Gasteiger partial charge < -0.3 is 9.88 Å². The zero-order chi connectivity index (χ0) is 10.3. The van der Waals surface area contributed by atoms with Gasteiger partial charge in [0, 0.05) is 18.9 Å². The normalized spacial score (nSPS) is 25.3. The van der Waals surface area contributed by atoms with Gasteiger partial charge in [0.2, 0.25) is 0 Å². The van der Waals surface area contributed by atoms with Crippen LogP contribution < -0.4 is 5.32 Å². The third-order valence-electron chi connectivity index (χ3n) is 3.52. The summed E-state index contributed by atoms with van der Waals surface area (Å²) in [6.45, 7) is 2.23. The van der Waals surface area contributed by atoms with Crippen LogP contribution in [0.3, 0.4) is 0 Å². The van der Waals surface area contributed by atoms with Crippen LogP contribution >= 0.6 is 0 Å². The SMILES string of the molecule is CNCC1CCn2c(nnc2C2CC2)C1. The molecule has 0 bridgehead atoms. The number of aromatic nitrogens is 3. The first kappa shape index (κ1) is 9.33. The van der Waals surface area contributed by atoms with Crippen molar-refractivity contribution in [1.29, 1.82) is 0 Å². The number of hydrogen-bond acceptors (Lipinski definition) is 3. The predicted octanol–water partition coefficient (Wildman–Crippen LogP) is 0.937. The van der Waals surface area contributed by atoms with Crippen molar-refractivity contribution in [3.63, 3.8) is 0 Å². The molecule has 1 aliphatic carbocycles. The van der Waals surface area contributed by atoms with Crippen LogP contribution in [0.15, 0.2) is 0 Å². The van der Waals surface area contributed by atoms with Crippen LogP contribution in [0.4, 0.5) is 0 Å². The van der Waals surface area contributed by atoms with Gasteiger partial charge >= 0.3 is 0 Å². The minimum atomic E-state index is 0.729. The number of rotatable bonds is 3. The number of fused-ring (bicyclic) bond motifs is 1. The summed E-state index contributed by atoms with van der Waals surface area (Å²) in [6.07, 6.45) is 5.00. The smallest absolute Gasteiger partial charge is 0.136 e. The zero-order valence-corrected chi connectivity index (χ0v) is 9.24. The summed E-state index contributed by atoms with van der Waals surface area (Å²) in [5, 5.41) is 11.9. The van der Waals surface area contributed by atoms with Crippen LogP contribution in [0.5, 0.6) is 0 Å². The Morgan fingerprint density at radius 1 is 1.33 bits per heavy atom. The maximum Gasteiger partial charge on any atom is 0.136 e. The Morgan fingerprint density at radius 3 is 2.93 bits per heavy atom. The van der Waals surface area contributed by atoms with Crippen LogP contribution in [0.1, 0.15) is 36.8 Å². The molecule has 2 heterocycles. The van der Waals surface area contributed by atoms with E-state index < -0.39 is 0 Å². The molecule has 1 unspecified atom stereocenters. The molecular formula is C11H18N4. The molecule has 82 valence electrons. The lowest BCUT2D eigenvalue weighted by Crippen LogP contribution is -2.28. The van der Waals surface area contributed by atoms with Gasteiger partial charge in [-0.3, -0.25) is 0 Å². The van der Waals surface area contributed by atoms with E-state index in [2.05, 4.69) is 20.1 Å². The Morgan fingerprint density at radius 2 is 2.20 bits per heavy atom. The molecule has 4 heteroatoms. The van der Waals surface area contributed by atoms with E-state index in [1.54, 1.807) is 0 Å². The summed E-state index contributed by atoms with van der Waals surface area (Å²) in [5.41, 5.74) is 0. The van der Waals surface area contributed by atoms with E-state index in [-0.39, 0.29) is 0 Å². The van der Waals surface area contributed by atoms with E-state index >= 15 is 0 Å². The highest BCUT2D eigenvalue weighted by Crippen LogP contribution is 2.40. The van der Waals surface area contributed by atoms with Gasteiger partial charge in [0.1, 0.15) is 11.6 Å². The quantitative estimate of drug-likeness (QED) is 0.800. The lowest BCUT2D eigenvalue weighted by molar-refractivity contribution is 0.367. The molecule has 1 aromatic rings. The highest BCUT2D eigenvalue weighted by molar-refractivity contribution is 5.10. The highest BCUT2D eigenvalue weighted by atomic mass is 15.3. The number of nitrogens with one attached hydrogen (secondary N) is 1. The second kappa shape index (κ2) is 3.59. The molecule has 0 aromatic carbocycles. The fourth-order valence-electron chi connectivity index (χ4n) is 2.52. The average Bonchev–Trinajstić information content (AvgIpc) is 3.00. The molecule has 0 saturated heterocycles. The molecule has 1 aromatic heterocycles. The Hall–Kier alpha value is -0.900. The fourth-order valence-corrected chi connectivity index (χ4v) is 2.52.